The maximum absolute atomic E-state index is 12.8. The van der Waals surface area contributed by atoms with Crippen LogP contribution in [0.15, 0.2) is 41.3 Å². The number of hydrogen-bond donors (Lipinski definition) is 3. The first kappa shape index (κ1) is 25.1. The summed E-state index contributed by atoms with van der Waals surface area (Å²) in [7, 11) is -0.589. The van der Waals surface area contributed by atoms with Gasteiger partial charge in [0.05, 0.1) is 15.7 Å². The number of rotatable bonds is 6. The molecule has 2 aromatic carbocycles. The average molecular weight is 500 g/mol. The fourth-order valence-corrected chi connectivity index (χ4v) is 4.13. The highest BCUT2D eigenvalue weighted by Gasteiger charge is 2.55. The van der Waals surface area contributed by atoms with E-state index in [1.165, 1.54) is 12.1 Å². The highest BCUT2D eigenvalue weighted by Crippen LogP contribution is 2.37. The molecule has 0 saturated heterocycles. The standard InChI is InChI=1S/C18H18Cl2F3N3O4S/c1-17(28,18(21,22)23)16(27)24-12-8-9-13(15(20)14(12)19)31(29,30)25-10-4-6-11(7-5-10)26(2)3/h4-9,25,28H,1-3H3,(H,24,27). The summed E-state index contributed by atoms with van der Waals surface area (Å²) in [6.45, 7) is 0.266. The molecule has 0 radical (unpaired) electrons. The minimum atomic E-state index is -5.25. The van der Waals surface area contributed by atoms with E-state index in [2.05, 4.69) is 4.72 Å². The minimum Gasteiger partial charge on any atom is -0.378 e. The Morgan fingerprint density at radius 2 is 1.58 bits per heavy atom. The van der Waals surface area contributed by atoms with Gasteiger partial charge in [0.1, 0.15) is 4.90 Å². The Balaban J connectivity index is 2.31. The lowest BCUT2D eigenvalue weighted by Crippen LogP contribution is -2.52. The number of amides is 1. The van der Waals surface area contributed by atoms with Crippen LogP contribution in [0.3, 0.4) is 0 Å². The van der Waals surface area contributed by atoms with Crippen molar-refractivity contribution in [3.8, 4) is 0 Å². The van der Waals surface area contributed by atoms with Crippen LogP contribution in [0.5, 0.6) is 0 Å². The minimum absolute atomic E-state index is 0.233. The number of nitrogens with zero attached hydrogens (tertiary/aromatic N) is 1. The van der Waals surface area contributed by atoms with Crippen LogP contribution in [-0.2, 0) is 14.8 Å². The summed E-state index contributed by atoms with van der Waals surface area (Å²) in [5.41, 5.74) is -3.04. The second kappa shape index (κ2) is 8.73. The smallest absolute Gasteiger partial charge is 0.378 e. The first-order valence-corrected chi connectivity index (χ1v) is 10.7. The van der Waals surface area contributed by atoms with E-state index in [9.17, 15) is 31.5 Å². The van der Waals surface area contributed by atoms with E-state index < -0.39 is 48.3 Å². The number of nitrogens with one attached hydrogen (secondary N) is 2. The molecule has 3 N–H and O–H groups in total. The summed E-state index contributed by atoms with van der Waals surface area (Å²) >= 11 is 12.0. The summed E-state index contributed by atoms with van der Waals surface area (Å²) in [5, 5.41) is 10.2. The predicted octanol–water partition coefficient (Wildman–Crippen LogP) is 4.11. The summed E-state index contributed by atoms with van der Waals surface area (Å²) < 4.78 is 66.1. The van der Waals surface area contributed by atoms with E-state index in [4.69, 9.17) is 23.2 Å². The zero-order valence-corrected chi connectivity index (χ0v) is 18.7. The number of benzene rings is 2. The molecule has 0 aliphatic rings. The number of aliphatic hydroxyl groups is 1. The summed E-state index contributed by atoms with van der Waals surface area (Å²) in [5.74, 6) is -1.81. The van der Waals surface area contributed by atoms with Gasteiger partial charge in [-0.05, 0) is 43.3 Å². The van der Waals surface area contributed by atoms with Crippen LogP contribution < -0.4 is 14.9 Å². The fraction of sp³-hybridized carbons (Fsp3) is 0.278. The summed E-state index contributed by atoms with van der Waals surface area (Å²) in [6, 6.07) is 8.33. The zero-order chi connectivity index (χ0) is 23.8. The van der Waals surface area contributed by atoms with Gasteiger partial charge in [0.25, 0.3) is 15.9 Å². The van der Waals surface area contributed by atoms with E-state index in [1.807, 2.05) is 19.0 Å². The van der Waals surface area contributed by atoms with E-state index in [-0.39, 0.29) is 12.6 Å². The van der Waals surface area contributed by atoms with Gasteiger partial charge in [-0.25, -0.2) is 8.42 Å². The van der Waals surface area contributed by atoms with Gasteiger partial charge in [-0.1, -0.05) is 23.2 Å². The molecule has 0 fully saturated rings. The number of carbonyl (C=O) groups excluding carboxylic acids is 1. The van der Waals surface area contributed by atoms with E-state index in [0.717, 1.165) is 17.8 Å². The molecule has 2 rings (SSSR count). The molecule has 0 aliphatic carbocycles. The van der Waals surface area contributed by atoms with E-state index in [0.29, 0.717) is 0 Å². The Labute approximate surface area is 186 Å². The van der Waals surface area contributed by atoms with Gasteiger partial charge in [0.15, 0.2) is 0 Å². The van der Waals surface area contributed by atoms with Gasteiger partial charge in [0.2, 0.25) is 5.60 Å². The molecule has 0 heterocycles. The van der Waals surface area contributed by atoms with Crippen molar-refractivity contribution < 1.29 is 31.5 Å². The summed E-state index contributed by atoms with van der Waals surface area (Å²) in [4.78, 5) is 13.2. The largest absolute Gasteiger partial charge is 0.426 e. The monoisotopic (exact) mass is 499 g/mol. The Kier molecular flexibility index (Phi) is 7.06. The lowest BCUT2D eigenvalue weighted by Gasteiger charge is -2.25. The Hall–Kier alpha value is -2.21. The molecule has 31 heavy (non-hydrogen) atoms. The second-order valence-corrected chi connectivity index (χ2v) is 9.22. The Bertz CT molecular complexity index is 1090. The van der Waals surface area contributed by atoms with Crippen molar-refractivity contribution in [2.45, 2.75) is 23.6 Å². The van der Waals surface area contributed by atoms with Crippen LogP contribution in [0.4, 0.5) is 30.2 Å². The van der Waals surface area contributed by atoms with Crippen LogP contribution in [0.25, 0.3) is 0 Å². The highest BCUT2D eigenvalue weighted by molar-refractivity contribution is 7.92. The van der Waals surface area contributed by atoms with Crippen molar-refractivity contribution in [3.63, 3.8) is 0 Å². The molecule has 0 spiro atoms. The van der Waals surface area contributed by atoms with Crippen molar-refractivity contribution >= 4 is 56.2 Å². The van der Waals surface area contributed by atoms with Crippen molar-refractivity contribution in [3.05, 3.63) is 46.4 Å². The van der Waals surface area contributed by atoms with E-state index >= 15 is 0 Å². The van der Waals surface area contributed by atoms with Crippen LogP contribution in [-0.4, -0.2) is 45.3 Å². The molecular weight excluding hydrogens is 482 g/mol. The van der Waals surface area contributed by atoms with Crippen LogP contribution >= 0.6 is 23.2 Å². The first-order valence-electron chi connectivity index (χ1n) is 8.46. The number of halogens is 5. The lowest BCUT2D eigenvalue weighted by atomic mass is 10.1. The van der Waals surface area contributed by atoms with E-state index in [1.54, 1.807) is 17.4 Å². The van der Waals surface area contributed by atoms with Crippen molar-refractivity contribution in [2.24, 2.45) is 0 Å². The molecule has 1 unspecified atom stereocenters. The zero-order valence-electron chi connectivity index (χ0n) is 16.4. The molecule has 0 saturated carbocycles. The SMILES string of the molecule is CN(C)c1ccc(NS(=O)(=O)c2ccc(NC(=O)C(C)(O)C(F)(F)F)c(Cl)c2Cl)cc1. The molecule has 2 aromatic rings. The molecule has 0 aliphatic heterocycles. The summed E-state index contributed by atoms with van der Waals surface area (Å²) in [6.07, 6.45) is -5.25. The van der Waals surface area contributed by atoms with Crippen LogP contribution in [0.2, 0.25) is 10.0 Å². The molecule has 13 heteroatoms. The molecular formula is C18H18Cl2F3N3O4S. The first-order chi connectivity index (χ1) is 14.1. The number of alkyl halides is 3. The maximum atomic E-state index is 12.8. The third-order valence-electron chi connectivity index (χ3n) is 4.21. The van der Waals surface area contributed by atoms with Crippen LogP contribution in [0, 0.1) is 0 Å². The quantitative estimate of drug-likeness (QED) is 0.555. The predicted molar refractivity (Wildman–Crippen MR) is 113 cm³/mol. The van der Waals surface area contributed by atoms with Crippen molar-refractivity contribution in [1.82, 2.24) is 0 Å². The normalized spacial score (nSPS) is 14.0. The Morgan fingerprint density at radius 1 is 1.03 bits per heavy atom. The number of carbonyl (C=O) groups is 1. The highest BCUT2D eigenvalue weighted by atomic mass is 35.5. The maximum Gasteiger partial charge on any atom is 0.426 e. The van der Waals surface area contributed by atoms with Crippen LogP contribution in [0.1, 0.15) is 6.92 Å². The van der Waals surface area contributed by atoms with Gasteiger partial charge >= 0.3 is 6.18 Å². The van der Waals surface area contributed by atoms with Crippen molar-refractivity contribution in [2.75, 3.05) is 29.0 Å². The van der Waals surface area contributed by atoms with Gasteiger partial charge in [-0.15, -0.1) is 0 Å². The van der Waals surface area contributed by atoms with Gasteiger partial charge < -0.3 is 15.3 Å². The molecule has 1 atom stereocenters. The van der Waals surface area contributed by atoms with Crippen molar-refractivity contribution in [1.29, 1.82) is 0 Å². The number of hydrogen-bond acceptors (Lipinski definition) is 5. The lowest BCUT2D eigenvalue weighted by molar-refractivity contribution is -0.242. The Morgan fingerprint density at radius 3 is 2.06 bits per heavy atom. The third kappa shape index (κ3) is 5.35. The second-order valence-electron chi connectivity index (χ2n) is 6.81. The average Bonchev–Trinajstić information content (AvgIpc) is 2.64. The topological polar surface area (TPSA) is 98.7 Å². The number of anilines is 3. The number of sulfonamides is 1. The molecule has 1 amide bonds. The van der Waals surface area contributed by atoms with Gasteiger partial charge in [-0.2, -0.15) is 13.2 Å². The molecule has 0 bridgehead atoms. The molecule has 7 nitrogen and oxygen atoms in total. The third-order valence-corrected chi connectivity index (χ3v) is 6.63. The fourth-order valence-electron chi connectivity index (χ4n) is 2.25. The van der Waals surface area contributed by atoms with Gasteiger partial charge in [0, 0.05) is 25.5 Å². The molecule has 0 aromatic heterocycles. The molecule has 170 valence electrons. The van der Waals surface area contributed by atoms with Gasteiger partial charge in [-0.3, -0.25) is 9.52 Å².